The zero-order valence-electron chi connectivity index (χ0n) is 19.4. The summed E-state index contributed by atoms with van der Waals surface area (Å²) >= 11 is 0. The van der Waals surface area contributed by atoms with E-state index in [1.807, 2.05) is 19.1 Å². The number of benzene rings is 2. The van der Waals surface area contributed by atoms with Crippen LogP contribution in [0, 0.1) is 6.92 Å². The fraction of sp³-hybridized carbons (Fsp3) is 0.320. The van der Waals surface area contributed by atoms with Gasteiger partial charge in [-0.15, -0.1) is 0 Å². The lowest BCUT2D eigenvalue weighted by atomic mass is 10.0. The first kappa shape index (κ1) is 23.0. The average Bonchev–Trinajstić information content (AvgIpc) is 3.09. The Morgan fingerprint density at radius 1 is 1.11 bits per heavy atom. The second kappa shape index (κ2) is 9.46. The molecule has 182 valence electrons. The van der Waals surface area contributed by atoms with Crippen LogP contribution >= 0.6 is 0 Å². The van der Waals surface area contributed by atoms with Gasteiger partial charge in [0.05, 0.1) is 30.7 Å². The molecular weight excluding hydrogens is 456 g/mol. The summed E-state index contributed by atoms with van der Waals surface area (Å²) in [5.74, 6) is 0.735. The van der Waals surface area contributed by atoms with Crippen LogP contribution in [0.3, 0.4) is 0 Å². The molecule has 2 aromatic carbocycles. The van der Waals surface area contributed by atoms with Gasteiger partial charge in [0.2, 0.25) is 5.95 Å². The Bertz CT molecular complexity index is 1410. The number of morpholine rings is 1. The molecule has 1 aliphatic heterocycles. The van der Waals surface area contributed by atoms with Crippen molar-refractivity contribution in [3.63, 3.8) is 0 Å². The summed E-state index contributed by atoms with van der Waals surface area (Å²) in [5.41, 5.74) is 3.69. The van der Waals surface area contributed by atoms with Crippen LogP contribution in [-0.4, -0.2) is 52.2 Å². The minimum Gasteiger partial charge on any atom is -0.434 e. The number of fused-ring (bicyclic) bond motifs is 1. The molecule has 0 bridgehead atoms. The topological polar surface area (TPSA) is 74.4 Å². The van der Waals surface area contributed by atoms with Crippen molar-refractivity contribution < 1.29 is 18.3 Å². The molecule has 0 atom stereocenters. The zero-order chi connectivity index (χ0) is 24.5. The summed E-state index contributed by atoms with van der Waals surface area (Å²) in [6.07, 6.45) is 3.56. The van der Waals surface area contributed by atoms with Gasteiger partial charge in [0.25, 0.3) is 5.56 Å². The number of alkyl halides is 2. The summed E-state index contributed by atoms with van der Waals surface area (Å²) in [6, 6.07) is 10.4. The standard InChI is InChI=1S/C25H25F2N5O3/c1-16-11-20-21(12-19(16)18-13-28-25(29-14-18)31-7-9-34-10-8-31)32(30(2)23(20)33)15-17-5-3-4-6-22(17)35-24(26)27/h3-6,11-14,24H,7-10,15H2,1-2H3. The molecular formula is C25H25F2N5O3. The lowest BCUT2D eigenvalue weighted by molar-refractivity contribution is -0.0505. The molecule has 0 N–H and O–H groups in total. The summed E-state index contributed by atoms with van der Waals surface area (Å²) in [7, 11) is 1.66. The largest absolute Gasteiger partial charge is 0.434 e. The van der Waals surface area contributed by atoms with Crippen molar-refractivity contribution in [3.8, 4) is 16.9 Å². The molecule has 1 aliphatic rings. The van der Waals surface area contributed by atoms with Crippen molar-refractivity contribution >= 4 is 16.9 Å². The van der Waals surface area contributed by atoms with Gasteiger partial charge in [-0.1, -0.05) is 18.2 Å². The maximum absolute atomic E-state index is 13.0. The van der Waals surface area contributed by atoms with E-state index in [1.165, 1.54) is 10.7 Å². The van der Waals surface area contributed by atoms with Crippen molar-refractivity contribution in [1.82, 2.24) is 19.3 Å². The van der Waals surface area contributed by atoms with Crippen molar-refractivity contribution in [2.24, 2.45) is 7.05 Å². The molecule has 0 aliphatic carbocycles. The van der Waals surface area contributed by atoms with E-state index in [0.29, 0.717) is 35.6 Å². The quantitative estimate of drug-likeness (QED) is 0.419. The smallest absolute Gasteiger partial charge is 0.387 e. The van der Waals surface area contributed by atoms with Gasteiger partial charge >= 0.3 is 6.61 Å². The molecule has 1 saturated heterocycles. The Balaban J connectivity index is 1.54. The van der Waals surface area contributed by atoms with Gasteiger partial charge in [-0.2, -0.15) is 8.78 Å². The Hall–Kier alpha value is -3.79. The number of para-hydroxylation sites is 1. The van der Waals surface area contributed by atoms with Crippen LogP contribution < -0.4 is 15.2 Å². The monoisotopic (exact) mass is 481 g/mol. The average molecular weight is 482 g/mol. The van der Waals surface area contributed by atoms with E-state index in [0.717, 1.165) is 29.8 Å². The number of hydrogen-bond donors (Lipinski definition) is 0. The molecule has 5 rings (SSSR count). The Labute approximate surface area is 200 Å². The fourth-order valence-electron chi connectivity index (χ4n) is 4.42. The van der Waals surface area contributed by atoms with Crippen molar-refractivity contribution in [1.29, 1.82) is 0 Å². The van der Waals surface area contributed by atoms with E-state index in [4.69, 9.17) is 4.74 Å². The normalized spacial score (nSPS) is 14.1. The lowest BCUT2D eigenvalue weighted by Crippen LogP contribution is -2.37. The molecule has 0 spiro atoms. The van der Waals surface area contributed by atoms with Crippen LogP contribution in [0.5, 0.6) is 5.75 Å². The van der Waals surface area contributed by atoms with Crippen LogP contribution in [0.1, 0.15) is 11.1 Å². The maximum Gasteiger partial charge on any atom is 0.387 e. The highest BCUT2D eigenvalue weighted by atomic mass is 19.3. The molecule has 0 amide bonds. The first-order valence-corrected chi connectivity index (χ1v) is 11.3. The number of hydrogen-bond acceptors (Lipinski definition) is 6. The summed E-state index contributed by atoms with van der Waals surface area (Å²) in [4.78, 5) is 24.2. The van der Waals surface area contributed by atoms with Crippen LogP contribution in [0.4, 0.5) is 14.7 Å². The van der Waals surface area contributed by atoms with Gasteiger partial charge in [-0.3, -0.25) is 14.2 Å². The predicted octanol–water partition coefficient (Wildman–Crippen LogP) is 3.59. The summed E-state index contributed by atoms with van der Waals surface area (Å²) in [5, 5.41) is 0.548. The van der Waals surface area contributed by atoms with E-state index in [1.54, 1.807) is 42.3 Å². The molecule has 4 aromatic rings. The van der Waals surface area contributed by atoms with Crippen LogP contribution in [0.2, 0.25) is 0 Å². The molecule has 10 heteroatoms. The van der Waals surface area contributed by atoms with Crippen molar-refractivity contribution in [2.75, 3.05) is 31.2 Å². The predicted molar refractivity (Wildman–Crippen MR) is 128 cm³/mol. The minimum absolute atomic E-state index is 0.0798. The number of aryl methyl sites for hydroxylation is 1. The minimum atomic E-state index is -2.93. The summed E-state index contributed by atoms with van der Waals surface area (Å²) < 4.78 is 39.1. The van der Waals surface area contributed by atoms with Crippen LogP contribution in [0.25, 0.3) is 22.0 Å². The third kappa shape index (κ3) is 4.49. The van der Waals surface area contributed by atoms with E-state index in [9.17, 15) is 13.6 Å². The van der Waals surface area contributed by atoms with Crippen molar-refractivity contribution in [3.05, 3.63) is 70.3 Å². The molecule has 0 radical (unpaired) electrons. The Kier molecular flexibility index (Phi) is 6.21. The second-order valence-electron chi connectivity index (χ2n) is 8.43. The number of nitrogens with zero attached hydrogens (tertiary/aromatic N) is 5. The third-order valence-corrected chi connectivity index (χ3v) is 6.26. The highest BCUT2D eigenvalue weighted by Gasteiger charge is 2.18. The van der Waals surface area contributed by atoms with Crippen LogP contribution in [-0.2, 0) is 18.3 Å². The molecule has 35 heavy (non-hydrogen) atoms. The SMILES string of the molecule is Cc1cc2c(=O)n(C)n(Cc3ccccc3OC(F)F)c2cc1-c1cnc(N2CCOCC2)nc1. The highest BCUT2D eigenvalue weighted by molar-refractivity contribution is 5.86. The molecule has 1 fully saturated rings. The highest BCUT2D eigenvalue weighted by Crippen LogP contribution is 2.29. The maximum atomic E-state index is 13.0. The van der Waals surface area contributed by atoms with Crippen LogP contribution in [0.15, 0.2) is 53.6 Å². The van der Waals surface area contributed by atoms with E-state index in [-0.39, 0.29) is 17.9 Å². The first-order valence-electron chi connectivity index (χ1n) is 11.3. The molecule has 2 aromatic heterocycles. The number of aromatic nitrogens is 4. The van der Waals surface area contributed by atoms with Gasteiger partial charge in [0.1, 0.15) is 5.75 Å². The molecule has 3 heterocycles. The van der Waals surface area contributed by atoms with Crippen molar-refractivity contribution in [2.45, 2.75) is 20.1 Å². The van der Waals surface area contributed by atoms with E-state index >= 15 is 0 Å². The molecule has 0 unspecified atom stereocenters. The molecule has 0 saturated carbocycles. The number of anilines is 1. The zero-order valence-corrected chi connectivity index (χ0v) is 19.4. The third-order valence-electron chi connectivity index (χ3n) is 6.26. The second-order valence-corrected chi connectivity index (χ2v) is 8.43. The Morgan fingerprint density at radius 3 is 2.54 bits per heavy atom. The first-order chi connectivity index (χ1) is 16.9. The Morgan fingerprint density at radius 2 is 1.83 bits per heavy atom. The number of halogens is 2. The lowest BCUT2D eigenvalue weighted by Gasteiger charge is -2.26. The number of ether oxygens (including phenoxy) is 2. The fourth-order valence-corrected chi connectivity index (χ4v) is 4.42. The van der Waals surface area contributed by atoms with Gasteiger partial charge in [0.15, 0.2) is 0 Å². The van der Waals surface area contributed by atoms with Gasteiger partial charge in [-0.25, -0.2) is 9.97 Å². The molecule has 8 nitrogen and oxygen atoms in total. The van der Waals surface area contributed by atoms with Gasteiger partial charge < -0.3 is 14.4 Å². The van der Waals surface area contributed by atoms with Gasteiger partial charge in [0, 0.05) is 43.7 Å². The van der Waals surface area contributed by atoms with Gasteiger partial charge in [-0.05, 0) is 36.2 Å². The number of rotatable bonds is 6. The van der Waals surface area contributed by atoms with E-state index < -0.39 is 6.61 Å². The van der Waals surface area contributed by atoms with E-state index in [2.05, 4.69) is 19.6 Å². The summed E-state index contributed by atoms with van der Waals surface area (Å²) in [6.45, 7) is 1.99.